The quantitative estimate of drug-likeness (QED) is 0.613. The molecule has 0 saturated heterocycles. The number of hydrogen-bond donors (Lipinski definition) is 0. The summed E-state index contributed by atoms with van der Waals surface area (Å²) in [5, 5.41) is 0.821. The van der Waals surface area contributed by atoms with Crippen molar-refractivity contribution in [2.24, 2.45) is 5.92 Å². The van der Waals surface area contributed by atoms with E-state index < -0.39 is 0 Å². The van der Waals surface area contributed by atoms with Gasteiger partial charge in [0.15, 0.2) is 0 Å². The summed E-state index contributed by atoms with van der Waals surface area (Å²) in [6, 6.07) is 7.92. The minimum atomic E-state index is -0.306. The van der Waals surface area contributed by atoms with Gasteiger partial charge in [0.05, 0.1) is 16.8 Å². The number of ether oxygens (including phenoxy) is 1. The predicted molar refractivity (Wildman–Crippen MR) is 79.1 cm³/mol. The SMILES string of the molecule is CC(C)CCOC(=O)/C=C/c1nc2ccccc2s1. The van der Waals surface area contributed by atoms with Crippen LogP contribution in [0.1, 0.15) is 25.3 Å². The van der Waals surface area contributed by atoms with E-state index in [4.69, 9.17) is 4.74 Å². The first kappa shape index (κ1) is 13.7. The monoisotopic (exact) mass is 275 g/mol. The van der Waals surface area contributed by atoms with Gasteiger partial charge in [0.25, 0.3) is 0 Å². The first-order valence-electron chi connectivity index (χ1n) is 6.35. The number of benzene rings is 1. The second kappa shape index (κ2) is 6.48. The lowest BCUT2D eigenvalue weighted by Crippen LogP contribution is -2.04. The van der Waals surface area contributed by atoms with Crippen molar-refractivity contribution in [2.45, 2.75) is 20.3 Å². The fraction of sp³-hybridized carbons (Fsp3) is 0.333. The van der Waals surface area contributed by atoms with Gasteiger partial charge in [0, 0.05) is 6.08 Å². The van der Waals surface area contributed by atoms with Gasteiger partial charge < -0.3 is 4.74 Å². The Labute approximate surface area is 116 Å². The normalized spacial score (nSPS) is 11.5. The third-order valence-corrected chi connectivity index (χ3v) is 3.61. The molecular weight excluding hydrogens is 258 g/mol. The smallest absolute Gasteiger partial charge is 0.330 e. The first-order valence-corrected chi connectivity index (χ1v) is 7.17. The Hall–Kier alpha value is -1.68. The highest BCUT2D eigenvalue weighted by Crippen LogP contribution is 2.22. The van der Waals surface area contributed by atoms with Gasteiger partial charge in [-0.05, 0) is 30.5 Å². The molecule has 0 fully saturated rings. The van der Waals surface area contributed by atoms with Crippen LogP contribution in [-0.2, 0) is 9.53 Å². The average molecular weight is 275 g/mol. The topological polar surface area (TPSA) is 39.2 Å². The number of aromatic nitrogens is 1. The summed E-state index contributed by atoms with van der Waals surface area (Å²) < 4.78 is 6.22. The third-order valence-electron chi connectivity index (χ3n) is 2.61. The van der Waals surface area contributed by atoms with E-state index >= 15 is 0 Å². The van der Waals surface area contributed by atoms with Crippen LogP contribution in [0, 0.1) is 5.92 Å². The van der Waals surface area contributed by atoms with E-state index in [9.17, 15) is 4.79 Å². The molecule has 0 amide bonds. The van der Waals surface area contributed by atoms with Gasteiger partial charge >= 0.3 is 5.97 Å². The lowest BCUT2D eigenvalue weighted by atomic mass is 10.1. The molecule has 0 atom stereocenters. The molecule has 0 spiro atoms. The van der Waals surface area contributed by atoms with E-state index in [2.05, 4.69) is 18.8 Å². The summed E-state index contributed by atoms with van der Waals surface area (Å²) in [6.07, 6.45) is 4.04. The Morgan fingerprint density at radius 2 is 2.21 bits per heavy atom. The largest absolute Gasteiger partial charge is 0.463 e. The molecule has 1 aromatic heterocycles. The molecule has 0 aliphatic rings. The van der Waals surface area contributed by atoms with Gasteiger partial charge in [0.2, 0.25) is 0 Å². The second-order valence-electron chi connectivity index (χ2n) is 4.70. The van der Waals surface area contributed by atoms with Crippen molar-refractivity contribution in [1.29, 1.82) is 0 Å². The molecular formula is C15H17NO2S. The summed E-state index contributed by atoms with van der Waals surface area (Å²) in [6.45, 7) is 4.68. The number of carbonyl (C=O) groups excluding carboxylic acids is 1. The molecule has 0 saturated carbocycles. The highest BCUT2D eigenvalue weighted by molar-refractivity contribution is 7.19. The fourth-order valence-corrected chi connectivity index (χ4v) is 2.41. The molecule has 0 bridgehead atoms. The van der Waals surface area contributed by atoms with Crippen LogP contribution in [0.3, 0.4) is 0 Å². The molecule has 2 rings (SSSR count). The van der Waals surface area contributed by atoms with Gasteiger partial charge in [0.1, 0.15) is 5.01 Å². The maximum atomic E-state index is 11.5. The second-order valence-corrected chi connectivity index (χ2v) is 5.77. The summed E-state index contributed by atoms with van der Waals surface area (Å²) in [5.41, 5.74) is 0.959. The molecule has 0 aliphatic heterocycles. The van der Waals surface area contributed by atoms with E-state index in [1.165, 1.54) is 6.08 Å². The highest BCUT2D eigenvalue weighted by Gasteiger charge is 2.02. The van der Waals surface area contributed by atoms with Crippen molar-refractivity contribution in [2.75, 3.05) is 6.61 Å². The maximum absolute atomic E-state index is 11.5. The predicted octanol–water partition coefficient (Wildman–Crippen LogP) is 3.90. The van der Waals surface area contributed by atoms with Crippen molar-refractivity contribution in [3.8, 4) is 0 Å². The van der Waals surface area contributed by atoms with Crippen LogP contribution in [0.4, 0.5) is 0 Å². The molecule has 100 valence electrons. The summed E-state index contributed by atoms with van der Waals surface area (Å²) in [7, 11) is 0. The van der Waals surface area contributed by atoms with Gasteiger partial charge in [-0.15, -0.1) is 11.3 Å². The van der Waals surface area contributed by atoms with Gasteiger partial charge in [-0.1, -0.05) is 26.0 Å². The molecule has 0 N–H and O–H groups in total. The molecule has 0 radical (unpaired) electrons. The fourth-order valence-electron chi connectivity index (χ4n) is 1.54. The molecule has 1 aromatic carbocycles. The van der Waals surface area contributed by atoms with Gasteiger partial charge in [-0.3, -0.25) is 0 Å². The van der Waals surface area contributed by atoms with Crippen LogP contribution in [0.15, 0.2) is 30.3 Å². The maximum Gasteiger partial charge on any atom is 0.330 e. The number of carbonyl (C=O) groups is 1. The zero-order chi connectivity index (χ0) is 13.7. The third kappa shape index (κ3) is 4.17. The molecule has 2 aromatic rings. The first-order chi connectivity index (χ1) is 9.15. The Balaban J connectivity index is 1.92. The zero-order valence-electron chi connectivity index (χ0n) is 11.1. The van der Waals surface area contributed by atoms with Crippen LogP contribution < -0.4 is 0 Å². The number of thiazole rings is 1. The van der Waals surface area contributed by atoms with Crippen LogP contribution >= 0.6 is 11.3 Å². The molecule has 0 aliphatic carbocycles. The average Bonchev–Trinajstić information content (AvgIpc) is 2.78. The van der Waals surface area contributed by atoms with Crippen LogP contribution in [-0.4, -0.2) is 17.6 Å². The minimum absolute atomic E-state index is 0.306. The molecule has 3 nitrogen and oxygen atoms in total. The van der Waals surface area contributed by atoms with Crippen molar-refractivity contribution >= 4 is 33.6 Å². The molecule has 4 heteroatoms. The Bertz CT molecular complexity index is 554. The van der Waals surface area contributed by atoms with Crippen LogP contribution in [0.5, 0.6) is 0 Å². The number of para-hydroxylation sites is 1. The Kier molecular flexibility index (Phi) is 4.68. The van der Waals surface area contributed by atoms with E-state index in [1.54, 1.807) is 17.4 Å². The zero-order valence-corrected chi connectivity index (χ0v) is 11.9. The number of fused-ring (bicyclic) bond motifs is 1. The van der Waals surface area contributed by atoms with E-state index in [0.717, 1.165) is 21.6 Å². The lowest BCUT2D eigenvalue weighted by molar-refractivity contribution is -0.137. The van der Waals surface area contributed by atoms with Gasteiger partial charge in [-0.25, -0.2) is 9.78 Å². The van der Waals surface area contributed by atoms with E-state index in [0.29, 0.717) is 12.5 Å². The standard InChI is InChI=1S/C15H17NO2S/c1-11(2)9-10-18-15(17)8-7-14-16-12-5-3-4-6-13(12)19-14/h3-8,11H,9-10H2,1-2H3/b8-7+. The van der Waals surface area contributed by atoms with E-state index in [-0.39, 0.29) is 5.97 Å². The van der Waals surface area contributed by atoms with Crippen molar-refractivity contribution in [3.63, 3.8) is 0 Å². The summed E-state index contributed by atoms with van der Waals surface area (Å²) in [4.78, 5) is 15.9. The summed E-state index contributed by atoms with van der Waals surface area (Å²) in [5.74, 6) is 0.237. The number of hydrogen-bond acceptors (Lipinski definition) is 4. The minimum Gasteiger partial charge on any atom is -0.463 e. The lowest BCUT2D eigenvalue weighted by Gasteiger charge is -2.03. The summed E-state index contributed by atoms with van der Waals surface area (Å²) >= 11 is 1.56. The van der Waals surface area contributed by atoms with E-state index in [1.807, 2.05) is 24.3 Å². The molecule has 19 heavy (non-hydrogen) atoms. The molecule has 1 heterocycles. The van der Waals surface area contributed by atoms with Gasteiger partial charge in [-0.2, -0.15) is 0 Å². The number of nitrogens with zero attached hydrogens (tertiary/aromatic N) is 1. The number of rotatable bonds is 5. The van der Waals surface area contributed by atoms with Crippen LogP contribution in [0.2, 0.25) is 0 Å². The molecule has 0 unspecified atom stereocenters. The highest BCUT2D eigenvalue weighted by atomic mass is 32.1. The Morgan fingerprint density at radius 3 is 2.95 bits per heavy atom. The number of esters is 1. The Morgan fingerprint density at radius 1 is 1.42 bits per heavy atom. The van der Waals surface area contributed by atoms with Crippen molar-refractivity contribution in [1.82, 2.24) is 4.98 Å². The van der Waals surface area contributed by atoms with Crippen molar-refractivity contribution in [3.05, 3.63) is 35.3 Å². The van der Waals surface area contributed by atoms with Crippen molar-refractivity contribution < 1.29 is 9.53 Å². The van der Waals surface area contributed by atoms with Crippen LogP contribution in [0.25, 0.3) is 16.3 Å².